The van der Waals surface area contributed by atoms with Crippen molar-refractivity contribution in [3.63, 3.8) is 0 Å². The van der Waals surface area contributed by atoms with Crippen LogP contribution in [-0.4, -0.2) is 64.8 Å². The van der Waals surface area contributed by atoms with Gasteiger partial charge in [-0.05, 0) is 131 Å². The van der Waals surface area contributed by atoms with E-state index >= 15 is 0 Å². The molecule has 0 aliphatic carbocycles. The van der Waals surface area contributed by atoms with Crippen LogP contribution in [0.5, 0.6) is 17.2 Å². The van der Waals surface area contributed by atoms with Crippen LogP contribution in [0.15, 0.2) is 98.1 Å². The zero-order valence-corrected chi connectivity index (χ0v) is 30.6. The number of esters is 2. The van der Waals surface area contributed by atoms with E-state index in [1.165, 1.54) is 6.08 Å². The number of hydrogen-bond acceptors (Lipinski definition) is 10. The second kappa shape index (κ2) is 30.6. The summed E-state index contributed by atoms with van der Waals surface area (Å²) in [4.78, 5) is 43.6. The van der Waals surface area contributed by atoms with Crippen LogP contribution < -0.4 is 14.2 Å². The second-order valence-electron chi connectivity index (χ2n) is 11.3. The van der Waals surface area contributed by atoms with Gasteiger partial charge in [0.1, 0.15) is 23.5 Å². The molecule has 0 saturated carbocycles. The van der Waals surface area contributed by atoms with Gasteiger partial charge in [-0.2, -0.15) is 0 Å². The smallest absolute Gasteiger partial charge is 0.343 e. The van der Waals surface area contributed by atoms with Crippen LogP contribution in [0.2, 0.25) is 0 Å². The quantitative estimate of drug-likeness (QED) is 0.0222. The molecule has 10 nitrogen and oxygen atoms in total. The molecule has 282 valence electrons. The molecular weight excluding hydrogens is 664 g/mol. The fraction of sp³-hybridized carbons (Fsp3) is 0.381. The van der Waals surface area contributed by atoms with Crippen molar-refractivity contribution in [2.24, 2.45) is 0 Å². The maximum absolute atomic E-state index is 12.3. The van der Waals surface area contributed by atoms with E-state index < -0.39 is 5.97 Å². The van der Waals surface area contributed by atoms with Gasteiger partial charge < -0.3 is 28.4 Å². The summed E-state index contributed by atoms with van der Waals surface area (Å²) in [6.45, 7) is 11.9. The Balaban J connectivity index is 0.000000512. The van der Waals surface area contributed by atoms with E-state index in [0.717, 1.165) is 75.4 Å². The van der Waals surface area contributed by atoms with Gasteiger partial charge in [0.05, 0.1) is 38.6 Å². The van der Waals surface area contributed by atoms with Crippen LogP contribution in [0.3, 0.4) is 0 Å². The summed E-state index contributed by atoms with van der Waals surface area (Å²) in [5.74, 6) is 1.23. The molecule has 0 aliphatic heterocycles. The monoisotopic (exact) mass is 718 g/mol. The zero-order chi connectivity index (χ0) is 38.1. The minimum atomic E-state index is -0.404. The van der Waals surface area contributed by atoms with E-state index in [-0.39, 0.29) is 5.97 Å². The Morgan fingerprint density at radius 3 is 1.63 bits per heavy atom. The fourth-order valence-electron chi connectivity index (χ4n) is 4.30. The summed E-state index contributed by atoms with van der Waals surface area (Å²) < 4.78 is 31.2. The third-order valence-electron chi connectivity index (χ3n) is 7.05. The Labute approximate surface area is 308 Å². The Morgan fingerprint density at radius 2 is 1.13 bits per heavy atom. The number of rotatable bonds is 24. The largest absolute Gasteiger partial charge is 0.494 e. The van der Waals surface area contributed by atoms with Gasteiger partial charge in [-0.3, -0.25) is 9.59 Å². The van der Waals surface area contributed by atoms with Crippen LogP contribution in [0, 0.1) is 0 Å². The number of unbranched alkanes of at least 4 members (excludes halogenated alkanes) is 6. The molecule has 0 fully saturated rings. The molecule has 0 aromatic heterocycles. The highest BCUT2D eigenvalue weighted by atomic mass is 16.5. The maximum atomic E-state index is 12.3. The van der Waals surface area contributed by atoms with Gasteiger partial charge in [0.15, 0.2) is 0 Å². The first-order valence-electron chi connectivity index (χ1n) is 17.5. The Bertz CT molecular complexity index is 1400. The highest BCUT2D eigenvalue weighted by Gasteiger charge is 2.09. The molecule has 0 aliphatic rings. The van der Waals surface area contributed by atoms with Crippen LogP contribution in [0.25, 0.3) is 0 Å². The molecule has 3 rings (SSSR count). The second-order valence-corrected chi connectivity index (χ2v) is 11.3. The standard InChI is InChI=1S/C23H28O6.C16H20O4.C3H6/c1-26-17-14-19-6-10-22(11-7-19)29-23(25)20-8-12-21(13-9-20)28-16-5-3-2-4-15-27-18-24;1-2-16(18)20-12-6-4-3-5-11-19-15-9-7-14(13-17)8-10-15;1-3-2/h6-13,18H,2-5,14-17H2,1H3;2,7-10,13H,1,3-6,11-12H2;3H,1H2,2H3. The Hall–Kier alpha value is -5.22. The van der Waals surface area contributed by atoms with Crippen molar-refractivity contribution in [3.8, 4) is 17.2 Å². The first kappa shape index (κ1) is 44.8. The number of hydrogen-bond donors (Lipinski definition) is 0. The number of carbonyl (C=O) groups is 4. The number of carbonyl (C=O) groups excluding carboxylic acids is 4. The molecule has 0 atom stereocenters. The van der Waals surface area contributed by atoms with Crippen molar-refractivity contribution in [2.45, 2.75) is 64.7 Å². The van der Waals surface area contributed by atoms with Crippen molar-refractivity contribution in [2.75, 3.05) is 40.1 Å². The molecule has 0 amide bonds. The third kappa shape index (κ3) is 22.5. The van der Waals surface area contributed by atoms with E-state index in [2.05, 4.69) is 17.9 Å². The lowest BCUT2D eigenvalue weighted by molar-refractivity contribution is -0.137. The van der Waals surface area contributed by atoms with E-state index in [9.17, 15) is 19.2 Å². The van der Waals surface area contributed by atoms with E-state index in [1.807, 2.05) is 19.1 Å². The summed E-state index contributed by atoms with van der Waals surface area (Å²) in [6.07, 6.45) is 12.2. The van der Waals surface area contributed by atoms with Gasteiger partial charge in [0, 0.05) is 18.7 Å². The molecule has 0 saturated heterocycles. The summed E-state index contributed by atoms with van der Waals surface area (Å²) >= 11 is 0. The number of ether oxygens (including phenoxy) is 6. The number of methoxy groups -OCH3 is 1. The molecule has 3 aromatic rings. The molecule has 52 heavy (non-hydrogen) atoms. The van der Waals surface area contributed by atoms with Crippen molar-refractivity contribution in [1.82, 2.24) is 0 Å². The highest BCUT2D eigenvalue weighted by molar-refractivity contribution is 5.91. The minimum absolute atomic E-state index is 0.368. The molecule has 0 spiro atoms. The van der Waals surface area contributed by atoms with Gasteiger partial charge in [0.25, 0.3) is 6.47 Å². The van der Waals surface area contributed by atoms with Gasteiger partial charge in [-0.1, -0.05) is 24.8 Å². The Morgan fingerprint density at radius 1 is 0.635 bits per heavy atom. The average molecular weight is 719 g/mol. The molecule has 0 unspecified atom stereocenters. The molecular formula is C42H54O10. The van der Waals surface area contributed by atoms with Crippen LogP contribution in [0.1, 0.15) is 84.6 Å². The lowest BCUT2D eigenvalue weighted by Crippen LogP contribution is -2.08. The molecule has 10 heteroatoms. The van der Waals surface area contributed by atoms with Crippen LogP contribution in [-0.2, 0) is 30.2 Å². The van der Waals surface area contributed by atoms with E-state index in [0.29, 0.717) is 62.1 Å². The topological polar surface area (TPSA) is 124 Å². The van der Waals surface area contributed by atoms with E-state index in [1.54, 1.807) is 73.8 Å². The summed E-state index contributed by atoms with van der Waals surface area (Å²) in [7, 11) is 1.67. The molecule has 0 heterocycles. The fourth-order valence-corrected chi connectivity index (χ4v) is 4.30. The Kier molecular flexibility index (Phi) is 26.4. The van der Waals surface area contributed by atoms with Gasteiger partial charge >= 0.3 is 11.9 Å². The predicted molar refractivity (Wildman–Crippen MR) is 202 cm³/mol. The number of benzene rings is 3. The van der Waals surface area contributed by atoms with Gasteiger partial charge in [-0.15, -0.1) is 6.58 Å². The van der Waals surface area contributed by atoms with Crippen molar-refractivity contribution in [1.29, 1.82) is 0 Å². The third-order valence-corrected chi connectivity index (χ3v) is 7.05. The van der Waals surface area contributed by atoms with Crippen molar-refractivity contribution >= 4 is 24.7 Å². The van der Waals surface area contributed by atoms with Gasteiger partial charge in [-0.25, -0.2) is 9.59 Å². The first-order chi connectivity index (χ1) is 25.4. The zero-order valence-electron chi connectivity index (χ0n) is 30.6. The molecule has 0 N–H and O–H groups in total. The average Bonchev–Trinajstić information content (AvgIpc) is 3.17. The molecule has 0 radical (unpaired) electrons. The van der Waals surface area contributed by atoms with Crippen LogP contribution >= 0.6 is 0 Å². The highest BCUT2D eigenvalue weighted by Crippen LogP contribution is 2.18. The minimum Gasteiger partial charge on any atom is -0.494 e. The molecule has 3 aromatic carbocycles. The van der Waals surface area contributed by atoms with Crippen molar-refractivity contribution in [3.05, 3.63) is 115 Å². The summed E-state index contributed by atoms with van der Waals surface area (Å²) in [6, 6.07) is 21.4. The number of allylic oxidation sites excluding steroid dienone is 1. The molecule has 0 bridgehead atoms. The van der Waals surface area contributed by atoms with Crippen molar-refractivity contribution < 1.29 is 47.6 Å². The SMILES string of the molecule is C=CC.C=CC(=O)OCCCCCCOc1ccc(C=O)cc1.COCCc1ccc(OC(=O)c2ccc(OCCCCCCOC=O)cc2)cc1. The maximum Gasteiger partial charge on any atom is 0.343 e. The lowest BCUT2D eigenvalue weighted by atomic mass is 10.1. The lowest BCUT2D eigenvalue weighted by Gasteiger charge is -2.08. The summed E-state index contributed by atoms with van der Waals surface area (Å²) in [5, 5.41) is 0. The normalized spacial score (nSPS) is 9.81. The van der Waals surface area contributed by atoms with E-state index in [4.69, 9.17) is 23.7 Å². The van der Waals surface area contributed by atoms with Gasteiger partial charge in [0.2, 0.25) is 0 Å². The summed E-state index contributed by atoms with van der Waals surface area (Å²) in [5.41, 5.74) is 2.24. The predicted octanol–water partition coefficient (Wildman–Crippen LogP) is 8.57. The van der Waals surface area contributed by atoms with Crippen LogP contribution in [0.4, 0.5) is 0 Å². The first-order valence-corrected chi connectivity index (χ1v) is 17.5. The number of aldehydes is 1.